The molecule has 0 radical (unpaired) electrons. The molecule has 0 bridgehead atoms. The summed E-state index contributed by atoms with van der Waals surface area (Å²) in [7, 11) is -3.26. The van der Waals surface area contributed by atoms with Crippen molar-refractivity contribution in [2.45, 2.75) is 38.2 Å². The summed E-state index contributed by atoms with van der Waals surface area (Å²) in [5, 5.41) is 2.73. The van der Waals surface area contributed by atoms with Crippen LogP contribution in [-0.4, -0.2) is 32.8 Å². The lowest BCUT2D eigenvalue weighted by Crippen LogP contribution is -2.08. The Kier molecular flexibility index (Phi) is 6.27. The molecule has 2 aromatic carbocycles. The first-order valence-corrected chi connectivity index (χ1v) is 11.3. The van der Waals surface area contributed by atoms with Crippen LogP contribution in [0, 0.1) is 0 Å². The van der Waals surface area contributed by atoms with E-state index in [9.17, 15) is 13.2 Å². The number of carbonyl (C=O) groups excluding carboxylic acids is 1. The average Bonchev–Trinajstić information content (AvgIpc) is 3.05. The molecule has 29 heavy (non-hydrogen) atoms. The molecular formula is C22H25NO5S. The van der Waals surface area contributed by atoms with E-state index in [1.807, 2.05) is 26.0 Å². The van der Waals surface area contributed by atoms with Gasteiger partial charge in [-0.25, -0.2) is 8.42 Å². The summed E-state index contributed by atoms with van der Waals surface area (Å²) in [5.41, 5.74) is 2.38. The number of sulfone groups is 1. The quantitative estimate of drug-likeness (QED) is 0.695. The summed E-state index contributed by atoms with van der Waals surface area (Å²) in [6.45, 7) is 6.04. The van der Waals surface area contributed by atoms with Gasteiger partial charge in [0.15, 0.2) is 9.84 Å². The van der Waals surface area contributed by atoms with Gasteiger partial charge < -0.3 is 14.8 Å². The minimum atomic E-state index is -3.26. The highest BCUT2D eigenvalue weighted by molar-refractivity contribution is 7.91. The highest BCUT2D eigenvalue weighted by atomic mass is 32.2. The lowest BCUT2D eigenvalue weighted by Gasteiger charge is -2.10. The number of rotatable bonds is 7. The van der Waals surface area contributed by atoms with E-state index >= 15 is 0 Å². The van der Waals surface area contributed by atoms with Gasteiger partial charge >= 0.3 is 0 Å². The fourth-order valence-electron chi connectivity index (χ4n) is 3.13. The second-order valence-electron chi connectivity index (χ2n) is 6.81. The number of benzene rings is 2. The monoisotopic (exact) mass is 415 g/mol. The molecule has 0 saturated carbocycles. The molecule has 1 aliphatic heterocycles. The number of nitrogens with one attached hydrogen (secondary N) is 1. The van der Waals surface area contributed by atoms with Gasteiger partial charge in [0, 0.05) is 29.3 Å². The first kappa shape index (κ1) is 20.9. The van der Waals surface area contributed by atoms with Gasteiger partial charge in [-0.3, -0.25) is 4.79 Å². The van der Waals surface area contributed by atoms with Crippen LogP contribution in [0.15, 0.2) is 47.4 Å². The number of fused-ring (bicyclic) bond motifs is 1. The number of hydrogen-bond acceptors (Lipinski definition) is 5. The predicted octanol–water partition coefficient (Wildman–Crippen LogP) is 3.85. The zero-order valence-corrected chi connectivity index (χ0v) is 17.6. The maximum Gasteiger partial charge on any atom is 0.248 e. The van der Waals surface area contributed by atoms with Gasteiger partial charge in [0.05, 0.1) is 17.3 Å². The molecule has 1 heterocycles. The van der Waals surface area contributed by atoms with Gasteiger partial charge in [-0.15, -0.1) is 0 Å². The third-order valence-corrected chi connectivity index (χ3v) is 6.35. The SMILES string of the molecule is CCOc1cc2c(cc1/C=C/C(=O)Nc1ccc(S(=O)(=O)CC)cc1)OC(C)C2. The molecule has 0 aliphatic carbocycles. The Hall–Kier alpha value is -2.80. The topological polar surface area (TPSA) is 81.7 Å². The molecule has 1 amide bonds. The molecule has 7 heteroatoms. The summed E-state index contributed by atoms with van der Waals surface area (Å²) >= 11 is 0. The van der Waals surface area contributed by atoms with E-state index in [0.29, 0.717) is 18.0 Å². The molecule has 0 fully saturated rings. The molecule has 154 valence electrons. The first-order chi connectivity index (χ1) is 13.8. The molecule has 1 atom stereocenters. The van der Waals surface area contributed by atoms with Gasteiger partial charge in [-0.05, 0) is 56.3 Å². The van der Waals surface area contributed by atoms with Crippen LogP contribution < -0.4 is 14.8 Å². The van der Waals surface area contributed by atoms with Crippen molar-refractivity contribution >= 4 is 27.5 Å². The Labute approximate surface area is 171 Å². The van der Waals surface area contributed by atoms with Crippen LogP contribution in [0.4, 0.5) is 5.69 Å². The number of ether oxygens (including phenoxy) is 2. The molecule has 0 saturated heterocycles. The molecule has 1 N–H and O–H groups in total. The Morgan fingerprint density at radius 1 is 1.24 bits per heavy atom. The van der Waals surface area contributed by atoms with Crippen molar-refractivity contribution in [3.63, 3.8) is 0 Å². The fraction of sp³-hybridized carbons (Fsp3) is 0.318. The van der Waals surface area contributed by atoms with E-state index in [2.05, 4.69) is 5.32 Å². The maximum atomic E-state index is 12.3. The highest BCUT2D eigenvalue weighted by Crippen LogP contribution is 2.35. The van der Waals surface area contributed by atoms with Gasteiger partial charge in [0.25, 0.3) is 0 Å². The van der Waals surface area contributed by atoms with Crippen LogP contribution in [0.3, 0.4) is 0 Å². The fourth-order valence-corrected chi connectivity index (χ4v) is 4.01. The minimum Gasteiger partial charge on any atom is -0.493 e. The Balaban J connectivity index is 1.73. The van der Waals surface area contributed by atoms with E-state index in [0.717, 1.165) is 23.3 Å². The number of anilines is 1. The van der Waals surface area contributed by atoms with Crippen LogP contribution >= 0.6 is 0 Å². The highest BCUT2D eigenvalue weighted by Gasteiger charge is 2.21. The van der Waals surface area contributed by atoms with E-state index < -0.39 is 9.84 Å². The van der Waals surface area contributed by atoms with E-state index in [1.54, 1.807) is 25.1 Å². The molecule has 1 aliphatic rings. The van der Waals surface area contributed by atoms with Gasteiger partial charge in [-0.1, -0.05) is 6.92 Å². The van der Waals surface area contributed by atoms with E-state index in [-0.39, 0.29) is 22.7 Å². The molecule has 6 nitrogen and oxygen atoms in total. The largest absolute Gasteiger partial charge is 0.493 e. The Bertz CT molecular complexity index is 1030. The molecule has 2 aromatic rings. The third-order valence-electron chi connectivity index (χ3n) is 4.60. The summed E-state index contributed by atoms with van der Waals surface area (Å²) in [6, 6.07) is 9.98. The molecule has 1 unspecified atom stereocenters. The van der Waals surface area contributed by atoms with Crippen molar-refractivity contribution in [2.75, 3.05) is 17.7 Å². The maximum absolute atomic E-state index is 12.3. The average molecular weight is 416 g/mol. The van der Waals surface area contributed by atoms with Crippen molar-refractivity contribution in [1.29, 1.82) is 0 Å². The summed E-state index contributed by atoms with van der Waals surface area (Å²) in [5.74, 6) is 1.23. The van der Waals surface area contributed by atoms with Crippen LogP contribution in [0.25, 0.3) is 6.08 Å². The first-order valence-electron chi connectivity index (χ1n) is 9.60. The van der Waals surface area contributed by atoms with Crippen molar-refractivity contribution in [2.24, 2.45) is 0 Å². The molecule has 0 aromatic heterocycles. The van der Waals surface area contributed by atoms with E-state index in [1.165, 1.54) is 18.2 Å². The number of hydrogen-bond donors (Lipinski definition) is 1. The second-order valence-corrected chi connectivity index (χ2v) is 9.09. The zero-order chi connectivity index (χ0) is 21.0. The van der Waals surface area contributed by atoms with Gasteiger partial charge in [-0.2, -0.15) is 0 Å². The Morgan fingerprint density at radius 3 is 2.62 bits per heavy atom. The minimum absolute atomic E-state index is 0.0346. The van der Waals surface area contributed by atoms with Crippen LogP contribution in [0.5, 0.6) is 11.5 Å². The van der Waals surface area contributed by atoms with E-state index in [4.69, 9.17) is 9.47 Å². The lowest BCUT2D eigenvalue weighted by atomic mass is 10.1. The van der Waals surface area contributed by atoms with Crippen molar-refractivity contribution < 1.29 is 22.7 Å². The van der Waals surface area contributed by atoms with Crippen LogP contribution in [0.2, 0.25) is 0 Å². The normalized spacial score (nSPS) is 15.8. The van der Waals surface area contributed by atoms with Crippen LogP contribution in [-0.2, 0) is 21.1 Å². The van der Waals surface area contributed by atoms with Crippen molar-refractivity contribution in [3.05, 3.63) is 53.6 Å². The molecule has 0 spiro atoms. The zero-order valence-electron chi connectivity index (χ0n) is 16.8. The number of amides is 1. The summed E-state index contributed by atoms with van der Waals surface area (Å²) in [6.07, 6.45) is 4.06. The summed E-state index contributed by atoms with van der Waals surface area (Å²) < 4.78 is 35.2. The third kappa shape index (κ3) is 4.98. The predicted molar refractivity (Wildman–Crippen MR) is 113 cm³/mol. The van der Waals surface area contributed by atoms with Crippen LogP contribution in [0.1, 0.15) is 31.9 Å². The Morgan fingerprint density at radius 2 is 1.97 bits per heavy atom. The standard InChI is InChI=1S/C22H25NO5S/c1-4-27-20-14-17-12-15(3)28-21(17)13-16(20)6-11-22(24)23-18-7-9-19(10-8-18)29(25,26)5-2/h6-11,13-15H,4-5,12H2,1-3H3,(H,23,24)/b11-6+. The molecule has 3 rings (SSSR count). The van der Waals surface area contributed by atoms with Crippen molar-refractivity contribution in [1.82, 2.24) is 0 Å². The number of carbonyl (C=O) groups is 1. The second kappa shape index (κ2) is 8.69. The lowest BCUT2D eigenvalue weighted by molar-refractivity contribution is -0.111. The summed E-state index contributed by atoms with van der Waals surface area (Å²) in [4.78, 5) is 12.5. The van der Waals surface area contributed by atoms with Gasteiger partial charge in [0.2, 0.25) is 5.91 Å². The van der Waals surface area contributed by atoms with Gasteiger partial charge in [0.1, 0.15) is 17.6 Å². The smallest absolute Gasteiger partial charge is 0.248 e. The molecular weight excluding hydrogens is 390 g/mol. The van der Waals surface area contributed by atoms with Crippen molar-refractivity contribution in [3.8, 4) is 11.5 Å².